The number of methoxy groups -OCH3 is 1. The largest absolute Gasteiger partial charge is 0.493 e. The van der Waals surface area contributed by atoms with Crippen LogP contribution in [0.1, 0.15) is 5.76 Å². The molecule has 0 atom stereocenters. The van der Waals surface area contributed by atoms with Crippen molar-refractivity contribution in [3.8, 4) is 5.75 Å². The fourth-order valence-corrected chi connectivity index (χ4v) is 1.35. The third-order valence-corrected chi connectivity index (χ3v) is 1.98. The van der Waals surface area contributed by atoms with E-state index < -0.39 is 0 Å². The standard InChI is InChI=1S/C10H11NO2/c1-12-9-4-2-3-7-5-8(6-11)13-10(7)9/h2-5H,6,11H2,1H3. The van der Waals surface area contributed by atoms with Crippen molar-refractivity contribution in [1.29, 1.82) is 0 Å². The first-order valence-electron chi connectivity index (χ1n) is 4.10. The van der Waals surface area contributed by atoms with Crippen molar-refractivity contribution >= 4 is 11.0 Å². The quantitative estimate of drug-likeness (QED) is 0.762. The van der Waals surface area contributed by atoms with E-state index in [9.17, 15) is 0 Å². The molecule has 0 aliphatic heterocycles. The molecule has 1 heterocycles. The molecule has 0 saturated carbocycles. The minimum absolute atomic E-state index is 0.415. The summed E-state index contributed by atoms with van der Waals surface area (Å²) >= 11 is 0. The van der Waals surface area contributed by atoms with Crippen LogP contribution in [0.2, 0.25) is 0 Å². The molecule has 0 bridgehead atoms. The monoisotopic (exact) mass is 177 g/mol. The number of ether oxygens (including phenoxy) is 1. The Hall–Kier alpha value is -1.48. The lowest BCUT2D eigenvalue weighted by atomic mass is 10.2. The third kappa shape index (κ3) is 1.27. The van der Waals surface area contributed by atoms with Gasteiger partial charge in [-0.3, -0.25) is 0 Å². The van der Waals surface area contributed by atoms with Crippen LogP contribution in [0.5, 0.6) is 5.75 Å². The predicted octanol–water partition coefficient (Wildman–Crippen LogP) is 1.90. The normalized spacial score (nSPS) is 10.6. The summed E-state index contributed by atoms with van der Waals surface area (Å²) in [6.07, 6.45) is 0. The molecule has 1 aromatic heterocycles. The molecule has 0 amide bonds. The number of fused-ring (bicyclic) bond motifs is 1. The zero-order valence-corrected chi connectivity index (χ0v) is 7.41. The number of hydrogen-bond donors (Lipinski definition) is 1. The first-order chi connectivity index (χ1) is 6.35. The van der Waals surface area contributed by atoms with Gasteiger partial charge in [-0.2, -0.15) is 0 Å². The summed E-state index contributed by atoms with van der Waals surface area (Å²) in [5.74, 6) is 1.52. The van der Waals surface area contributed by atoms with Crippen molar-refractivity contribution in [3.63, 3.8) is 0 Å². The maximum Gasteiger partial charge on any atom is 0.176 e. The molecule has 3 heteroatoms. The molecular formula is C10H11NO2. The molecule has 0 saturated heterocycles. The second kappa shape index (κ2) is 3.11. The Balaban J connectivity index is 2.67. The summed E-state index contributed by atoms with van der Waals surface area (Å²) in [6, 6.07) is 7.70. The lowest BCUT2D eigenvalue weighted by Crippen LogP contribution is -1.92. The summed E-state index contributed by atoms with van der Waals surface area (Å²) in [5, 5.41) is 1.03. The Morgan fingerprint density at radius 1 is 1.46 bits per heavy atom. The molecule has 0 spiro atoms. The Labute approximate surface area is 76.1 Å². The fourth-order valence-electron chi connectivity index (χ4n) is 1.35. The van der Waals surface area contributed by atoms with Crippen molar-refractivity contribution in [2.24, 2.45) is 5.73 Å². The third-order valence-electron chi connectivity index (χ3n) is 1.98. The summed E-state index contributed by atoms with van der Waals surface area (Å²) in [6.45, 7) is 0.415. The highest BCUT2D eigenvalue weighted by atomic mass is 16.5. The lowest BCUT2D eigenvalue weighted by Gasteiger charge is -1.98. The van der Waals surface area contributed by atoms with Gasteiger partial charge in [-0.1, -0.05) is 12.1 Å². The molecule has 2 aromatic rings. The Morgan fingerprint density at radius 3 is 3.00 bits per heavy atom. The van der Waals surface area contributed by atoms with Gasteiger partial charge in [0.2, 0.25) is 0 Å². The van der Waals surface area contributed by atoms with E-state index in [4.69, 9.17) is 14.9 Å². The molecule has 0 aliphatic carbocycles. The van der Waals surface area contributed by atoms with Gasteiger partial charge in [0.05, 0.1) is 13.7 Å². The first kappa shape index (κ1) is 8.13. The average molecular weight is 177 g/mol. The maximum absolute atomic E-state index is 5.49. The van der Waals surface area contributed by atoms with Crippen LogP contribution in [0.4, 0.5) is 0 Å². The molecule has 13 heavy (non-hydrogen) atoms. The van der Waals surface area contributed by atoms with Crippen LogP contribution in [0.25, 0.3) is 11.0 Å². The molecule has 0 fully saturated rings. The summed E-state index contributed by atoms with van der Waals surface area (Å²) < 4.78 is 10.6. The van der Waals surface area contributed by atoms with Crippen LogP contribution in [-0.4, -0.2) is 7.11 Å². The van der Waals surface area contributed by atoms with Gasteiger partial charge in [-0.15, -0.1) is 0 Å². The van der Waals surface area contributed by atoms with Crippen LogP contribution in [0.3, 0.4) is 0 Å². The number of furan rings is 1. The van der Waals surface area contributed by atoms with E-state index in [1.54, 1.807) is 7.11 Å². The minimum Gasteiger partial charge on any atom is -0.493 e. The second-order valence-corrected chi connectivity index (χ2v) is 2.80. The highest BCUT2D eigenvalue weighted by Crippen LogP contribution is 2.27. The van der Waals surface area contributed by atoms with Crippen LogP contribution >= 0.6 is 0 Å². The molecule has 2 N–H and O–H groups in total. The van der Waals surface area contributed by atoms with Gasteiger partial charge in [0.1, 0.15) is 5.76 Å². The zero-order valence-electron chi connectivity index (χ0n) is 7.41. The smallest absolute Gasteiger partial charge is 0.176 e. The van der Waals surface area contributed by atoms with Crippen molar-refractivity contribution in [2.45, 2.75) is 6.54 Å². The summed E-state index contributed by atoms with van der Waals surface area (Å²) in [7, 11) is 1.62. The molecule has 2 rings (SSSR count). The van der Waals surface area contributed by atoms with Crippen molar-refractivity contribution in [2.75, 3.05) is 7.11 Å². The minimum atomic E-state index is 0.415. The van der Waals surface area contributed by atoms with E-state index in [1.165, 1.54) is 0 Å². The van der Waals surface area contributed by atoms with E-state index >= 15 is 0 Å². The van der Waals surface area contributed by atoms with Crippen molar-refractivity contribution in [1.82, 2.24) is 0 Å². The Morgan fingerprint density at radius 2 is 2.31 bits per heavy atom. The van der Waals surface area contributed by atoms with Crippen LogP contribution < -0.4 is 10.5 Å². The van der Waals surface area contributed by atoms with Crippen LogP contribution in [0.15, 0.2) is 28.7 Å². The second-order valence-electron chi connectivity index (χ2n) is 2.80. The molecule has 3 nitrogen and oxygen atoms in total. The molecular weight excluding hydrogens is 166 g/mol. The topological polar surface area (TPSA) is 48.4 Å². The van der Waals surface area contributed by atoms with E-state index in [1.807, 2.05) is 24.3 Å². The van der Waals surface area contributed by atoms with Gasteiger partial charge in [0, 0.05) is 5.39 Å². The Bertz CT molecular complexity index is 420. The maximum atomic E-state index is 5.49. The van der Waals surface area contributed by atoms with E-state index in [0.29, 0.717) is 6.54 Å². The molecule has 68 valence electrons. The highest BCUT2D eigenvalue weighted by Gasteiger charge is 2.06. The van der Waals surface area contributed by atoms with E-state index in [-0.39, 0.29) is 0 Å². The molecule has 0 unspecified atom stereocenters. The first-order valence-corrected chi connectivity index (χ1v) is 4.10. The average Bonchev–Trinajstić information content (AvgIpc) is 2.59. The van der Waals surface area contributed by atoms with Crippen LogP contribution in [-0.2, 0) is 6.54 Å². The van der Waals surface area contributed by atoms with Gasteiger partial charge < -0.3 is 14.9 Å². The van der Waals surface area contributed by atoms with E-state index in [2.05, 4.69) is 0 Å². The summed E-state index contributed by atoms with van der Waals surface area (Å²) in [4.78, 5) is 0. The van der Waals surface area contributed by atoms with Crippen molar-refractivity contribution in [3.05, 3.63) is 30.0 Å². The molecule has 0 aliphatic rings. The highest BCUT2D eigenvalue weighted by molar-refractivity contribution is 5.83. The van der Waals surface area contributed by atoms with Gasteiger partial charge in [0.15, 0.2) is 11.3 Å². The van der Waals surface area contributed by atoms with Gasteiger partial charge in [-0.05, 0) is 12.1 Å². The van der Waals surface area contributed by atoms with Crippen molar-refractivity contribution < 1.29 is 9.15 Å². The Kier molecular flexibility index (Phi) is 1.94. The fraction of sp³-hybridized carbons (Fsp3) is 0.200. The van der Waals surface area contributed by atoms with Gasteiger partial charge in [0.25, 0.3) is 0 Å². The number of nitrogens with two attached hydrogens (primary N) is 1. The predicted molar refractivity (Wildman–Crippen MR) is 50.7 cm³/mol. The lowest BCUT2D eigenvalue weighted by molar-refractivity contribution is 0.407. The number of rotatable bonds is 2. The SMILES string of the molecule is COc1cccc2cc(CN)oc12. The van der Waals surface area contributed by atoms with Crippen LogP contribution in [0, 0.1) is 0 Å². The number of benzene rings is 1. The number of para-hydroxylation sites is 1. The zero-order chi connectivity index (χ0) is 9.26. The molecule has 0 radical (unpaired) electrons. The van der Waals surface area contributed by atoms with E-state index in [0.717, 1.165) is 22.5 Å². The van der Waals surface area contributed by atoms with Gasteiger partial charge in [-0.25, -0.2) is 0 Å². The number of hydrogen-bond acceptors (Lipinski definition) is 3. The summed E-state index contributed by atoms with van der Waals surface area (Å²) in [5.41, 5.74) is 6.24. The van der Waals surface area contributed by atoms with Gasteiger partial charge >= 0.3 is 0 Å². The molecule has 1 aromatic carbocycles.